The van der Waals surface area contributed by atoms with E-state index in [0.717, 1.165) is 19.3 Å². The lowest BCUT2D eigenvalue weighted by Crippen LogP contribution is -2.41. The number of hydrogen-bond acceptors (Lipinski definition) is 2. The lowest BCUT2D eigenvalue weighted by molar-refractivity contribution is 0.0802. The maximum Gasteiger partial charge on any atom is 0.170 e. The molecule has 1 aliphatic carbocycles. The van der Waals surface area contributed by atoms with Crippen molar-refractivity contribution < 1.29 is 9.18 Å². The molecule has 1 saturated carbocycles. The molecular weight excluding hydrogens is 217 g/mol. The first kappa shape index (κ1) is 12.2. The maximum atomic E-state index is 13.2. The Hall–Kier alpha value is -1.22. The molecule has 0 spiro atoms. The molecule has 1 fully saturated rings. The molecule has 0 amide bonds. The maximum absolute atomic E-state index is 13.2. The third kappa shape index (κ3) is 2.00. The molecule has 2 unspecified atom stereocenters. The second kappa shape index (κ2) is 4.22. The summed E-state index contributed by atoms with van der Waals surface area (Å²) in [5.41, 5.74) is 6.62. The number of ketones is 1. The first-order valence-corrected chi connectivity index (χ1v) is 6.01. The van der Waals surface area contributed by atoms with Gasteiger partial charge in [0.1, 0.15) is 5.82 Å². The molecule has 0 saturated heterocycles. The standard InChI is InChI=1S/C14H18FNO/c1-9-8-10(5-6-11(9)15)13(17)14(2)7-3-4-12(14)16/h5-6,8,12H,3-4,7,16H2,1-2H3. The predicted octanol–water partition coefficient (Wildman–Crippen LogP) is 2.83. The van der Waals surface area contributed by atoms with E-state index in [1.165, 1.54) is 6.07 Å². The highest BCUT2D eigenvalue weighted by Gasteiger charge is 2.43. The number of aryl methyl sites for hydroxylation is 1. The number of rotatable bonds is 2. The van der Waals surface area contributed by atoms with E-state index in [-0.39, 0.29) is 17.6 Å². The van der Waals surface area contributed by atoms with E-state index in [4.69, 9.17) is 5.73 Å². The van der Waals surface area contributed by atoms with E-state index in [1.807, 2.05) is 6.92 Å². The first-order valence-electron chi connectivity index (χ1n) is 6.01. The largest absolute Gasteiger partial charge is 0.327 e. The minimum absolute atomic E-state index is 0.0469. The van der Waals surface area contributed by atoms with Gasteiger partial charge < -0.3 is 5.73 Å². The Kier molecular flexibility index (Phi) is 3.04. The molecule has 0 radical (unpaired) electrons. The number of hydrogen-bond donors (Lipinski definition) is 1. The summed E-state index contributed by atoms with van der Waals surface area (Å²) in [5.74, 6) is -0.229. The highest BCUT2D eigenvalue weighted by Crippen LogP contribution is 2.39. The molecule has 1 aromatic rings. The van der Waals surface area contributed by atoms with Gasteiger partial charge in [-0.1, -0.05) is 13.3 Å². The summed E-state index contributed by atoms with van der Waals surface area (Å²) in [4.78, 5) is 12.4. The molecule has 0 aliphatic heterocycles. The van der Waals surface area contributed by atoms with Crippen LogP contribution in [-0.4, -0.2) is 11.8 Å². The molecule has 1 aromatic carbocycles. The zero-order chi connectivity index (χ0) is 12.6. The fourth-order valence-corrected chi connectivity index (χ4v) is 2.59. The summed E-state index contributed by atoms with van der Waals surface area (Å²) >= 11 is 0. The van der Waals surface area contributed by atoms with E-state index >= 15 is 0 Å². The van der Waals surface area contributed by atoms with Crippen LogP contribution >= 0.6 is 0 Å². The molecule has 92 valence electrons. The highest BCUT2D eigenvalue weighted by molar-refractivity contribution is 6.01. The third-order valence-corrected chi connectivity index (χ3v) is 3.97. The molecule has 0 aromatic heterocycles. The average Bonchev–Trinajstić information content (AvgIpc) is 2.63. The van der Waals surface area contributed by atoms with Gasteiger partial charge in [0.05, 0.1) is 0 Å². The van der Waals surface area contributed by atoms with Crippen LogP contribution in [0.4, 0.5) is 4.39 Å². The first-order chi connectivity index (χ1) is 7.95. The van der Waals surface area contributed by atoms with Gasteiger partial charge >= 0.3 is 0 Å². The van der Waals surface area contributed by atoms with Crippen molar-refractivity contribution >= 4 is 5.78 Å². The summed E-state index contributed by atoms with van der Waals surface area (Å²) in [7, 11) is 0. The second-order valence-corrected chi connectivity index (χ2v) is 5.21. The molecule has 3 heteroatoms. The summed E-state index contributed by atoms with van der Waals surface area (Å²) < 4.78 is 13.2. The third-order valence-electron chi connectivity index (χ3n) is 3.97. The number of Topliss-reactive ketones (excluding diaryl/α,β-unsaturated/α-hetero) is 1. The normalized spacial score (nSPS) is 28.4. The molecule has 0 bridgehead atoms. The minimum atomic E-state index is -0.482. The van der Waals surface area contributed by atoms with Gasteiger partial charge in [0.15, 0.2) is 5.78 Å². The monoisotopic (exact) mass is 235 g/mol. The number of nitrogens with two attached hydrogens (primary N) is 1. The lowest BCUT2D eigenvalue weighted by atomic mass is 9.78. The average molecular weight is 235 g/mol. The second-order valence-electron chi connectivity index (χ2n) is 5.21. The van der Waals surface area contributed by atoms with Crippen molar-refractivity contribution in [3.8, 4) is 0 Å². The zero-order valence-corrected chi connectivity index (χ0v) is 10.3. The van der Waals surface area contributed by atoms with Crippen LogP contribution in [-0.2, 0) is 0 Å². The van der Waals surface area contributed by atoms with E-state index in [2.05, 4.69) is 0 Å². The zero-order valence-electron chi connectivity index (χ0n) is 10.3. The van der Waals surface area contributed by atoms with Crippen LogP contribution in [0.1, 0.15) is 42.1 Å². The summed E-state index contributed by atoms with van der Waals surface area (Å²) in [5, 5.41) is 0. The molecule has 2 atom stereocenters. The van der Waals surface area contributed by atoms with Crippen LogP contribution < -0.4 is 5.73 Å². The SMILES string of the molecule is Cc1cc(C(=O)C2(C)CCCC2N)ccc1F. The number of halogens is 1. The van der Waals surface area contributed by atoms with Crippen molar-refractivity contribution in [3.63, 3.8) is 0 Å². The molecular formula is C14H18FNO. The van der Waals surface area contributed by atoms with Gasteiger partial charge in [0.25, 0.3) is 0 Å². The van der Waals surface area contributed by atoms with Gasteiger partial charge in [-0.3, -0.25) is 4.79 Å². The Morgan fingerprint density at radius 1 is 1.53 bits per heavy atom. The van der Waals surface area contributed by atoms with Crippen molar-refractivity contribution in [2.24, 2.45) is 11.1 Å². The Morgan fingerprint density at radius 3 is 2.76 bits per heavy atom. The smallest absolute Gasteiger partial charge is 0.170 e. The fourth-order valence-electron chi connectivity index (χ4n) is 2.59. The molecule has 1 aliphatic rings. The van der Waals surface area contributed by atoms with E-state index in [9.17, 15) is 9.18 Å². The van der Waals surface area contributed by atoms with Crippen LogP contribution in [0.25, 0.3) is 0 Å². The molecule has 17 heavy (non-hydrogen) atoms. The van der Waals surface area contributed by atoms with Crippen molar-refractivity contribution in [2.45, 2.75) is 39.2 Å². The Bertz CT molecular complexity index is 458. The minimum Gasteiger partial charge on any atom is -0.327 e. The van der Waals surface area contributed by atoms with Crippen molar-refractivity contribution in [2.75, 3.05) is 0 Å². The van der Waals surface area contributed by atoms with Crippen molar-refractivity contribution in [1.82, 2.24) is 0 Å². The predicted molar refractivity (Wildman–Crippen MR) is 65.4 cm³/mol. The fraction of sp³-hybridized carbons (Fsp3) is 0.500. The van der Waals surface area contributed by atoms with Gasteiger partial charge in [0, 0.05) is 17.0 Å². The molecule has 0 heterocycles. The van der Waals surface area contributed by atoms with E-state index in [0.29, 0.717) is 11.1 Å². The number of benzene rings is 1. The Balaban J connectivity index is 2.34. The van der Waals surface area contributed by atoms with Crippen LogP contribution in [0, 0.1) is 18.2 Å². The van der Waals surface area contributed by atoms with Crippen molar-refractivity contribution in [1.29, 1.82) is 0 Å². The van der Waals surface area contributed by atoms with E-state index < -0.39 is 5.41 Å². The Labute approximate surface area is 101 Å². The van der Waals surface area contributed by atoms with Crippen LogP contribution in [0.3, 0.4) is 0 Å². The van der Waals surface area contributed by atoms with Crippen LogP contribution in [0.2, 0.25) is 0 Å². The van der Waals surface area contributed by atoms with Gasteiger partial charge in [-0.2, -0.15) is 0 Å². The molecule has 2 rings (SSSR count). The number of carbonyl (C=O) groups excluding carboxylic acids is 1. The molecule has 2 N–H and O–H groups in total. The highest BCUT2D eigenvalue weighted by atomic mass is 19.1. The van der Waals surface area contributed by atoms with Crippen LogP contribution in [0.5, 0.6) is 0 Å². The molecule has 2 nitrogen and oxygen atoms in total. The van der Waals surface area contributed by atoms with Gasteiger partial charge in [-0.25, -0.2) is 4.39 Å². The van der Waals surface area contributed by atoms with Crippen LogP contribution in [0.15, 0.2) is 18.2 Å². The topological polar surface area (TPSA) is 43.1 Å². The van der Waals surface area contributed by atoms with Crippen molar-refractivity contribution in [3.05, 3.63) is 35.1 Å². The van der Waals surface area contributed by atoms with Gasteiger partial charge in [-0.15, -0.1) is 0 Å². The quantitative estimate of drug-likeness (QED) is 0.801. The summed E-state index contributed by atoms with van der Waals surface area (Å²) in [6.07, 6.45) is 2.70. The van der Waals surface area contributed by atoms with E-state index in [1.54, 1.807) is 19.1 Å². The lowest BCUT2D eigenvalue weighted by Gasteiger charge is -2.27. The summed E-state index contributed by atoms with van der Waals surface area (Å²) in [6, 6.07) is 4.45. The van der Waals surface area contributed by atoms with Gasteiger partial charge in [-0.05, 0) is 43.5 Å². The summed E-state index contributed by atoms with van der Waals surface area (Å²) in [6.45, 7) is 3.59. The van der Waals surface area contributed by atoms with Gasteiger partial charge in [0.2, 0.25) is 0 Å². The number of carbonyl (C=O) groups is 1. The Morgan fingerprint density at radius 2 is 2.24 bits per heavy atom.